The summed E-state index contributed by atoms with van der Waals surface area (Å²) in [5.74, 6) is 6.72. The van der Waals surface area contributed by atoms with E-state index in [1.807, 2.05) is 7.05 Å². The van der Waals surface area contributed by atoms with Crippen molar-refractivity contribution in [1.82, 2.24) is 5.32 Å². The Bertz CT molecular complexity index is 360. The molecule has 6 atom stereocenters. The van der Waals surface area contributed by atoms with Gasteiger partial charge in [-0.15, -0.1) is 0 Å². The highest BCUT2D eigenvalue weighted by molar-refractivity contribution is 5.85. The highest BCUT2D eigenvalue weighted by atomic mass is 15.0. The van der Waals surface area contributed by atoms with Gasteiger partial charge in [-0.2, -0.15) is 0 Å². The lowest BCUT2D eigenvalue weighted by Crippen LogP contribution is -2.38. The number of rotatable bonds is 2. The molecule has 0 radical (unpaired) electrons. The molecule has 0 saturated heterocycles. The Morgan fingerprint density at radius 1 is 1.17 bits per heavy atom. The van der Waals surface area contributed by atoms with E-state index < -0.39 is 0 Å². The maximum atomic E-state index is 4.48. The van der Waals surface area contributed by atoms with Gasteiger partial charge in [0, 0.05) is 13.0 Å². The summed E-state index contributed by atoms with van der Waals surface area (Å²) in [4.78, 5) is 4.48. The van der Waals surface area contributed by atoms with Crippen molar-refractivity contribution in [3.63, 3.8) is 0 Å². The lowest BCUT2D eigenvalue weighted by atomic mass is 9.62. The summed E-state index contributed by atoms with van der Waals surface area (Å²) in [6.45, 7) is 6.22. The predicted octanol–water partition coefficient (Wildman–Crippen LogP) is 3.46. The Labute approximate surface area is 111 Å². The Hall–Kier alpha value is -0.790. The number of hydrogen-bond donors (Lipinski definition) is 1. The molecule has 6 unspecified atom stereocenters. The standard InChI is InChI=1S/C16H26N2/c1-4-18-16(17-3)14-7-11-6-13-9-12(5-10(14)2)15(13)8-11/h4,10-15H,1,5-9H2,2-3H3,(H,17,18). The highest BCUT2D eigenvalue weighted by Gasteiger charge is 2.50. The molecule has 3 saturated carbocycles. The zero-order valence-electron chi connectivity index (χ0n) is 11.7. The predicted molar refractivity (Wildman–Crippen MR) is 76.4 cm³/mol. The molecule has 2 bridgehead atoms. The van der Waals surface area contributed by atoms with Gasteiger partial charge < -0.3 is 5.32 Å². The molecule has 3 rings (SSSR count). The molecular formula is C16H26N2. The zero-order valence-corrected chi connectivity index (χ0v) is 11.7. The molecule has 0 amide bonds. The molecule has 18 heavy (non-hydrogen) atoms. The fourth-order valence-corrected chi connectivity index (χ4v) is 5.01. The minimum Gasteiger partial charge on any atom is -0.351 e. The number of nitrogens with one attached hydrogen (secondary N) is 1. The van der Waals surface area contributed by atoms with Crippen LogP contribution in [0.25, 0.3) is 0 Å². The van der Waals surface area contributed by atoms with Crippen molar-refractivity contribution < 1.29 is 0 Å². The quantitative estimate of drug-likeness (QED) is 0.585. The van der Waals surface area contributed by atoms with Crippen LogP contribution in [0.15, 0.2) is 17.8 Å². The number of aliphatic imine (C=N–C) groups is 1. The first-order valence-corrected chi connectivity index (χ1v) is 7.57. The van der Waals surface area contributed by atoms with Crippen molar-refractivity contribution in [3.8, 4) is 0 Å². The Balaban J connectivity index is 1.78. The first kappa shape index (κ1) is 12.3. The monoisotopic (exact) mass is 246 g/mol. The third-order valence-corrected chi connectivity index (χ3v) is 5.85. The smallest absolute Gasteiger partial charge is 0.103 e. The van der Waals surface area contributed by atoms with Crippen molar-refractivity contribution in [2.45, 2.75) is 39.0 Å². The van der Waals surface area contributed by atoms with Gasteiger partial charge >= 0.3 is 0 Å². The van der Waals surface area contributed by atoms with Crippen LogP contribution in [0.1, 0.15) is 39.0 Å². The van der Waals surface area contributed by atoms with Crippen molar-refractivity contribution in [1.29, 1.82) is 0 Å². The fraction of sp³-hybridized carbons (Fsp3) is 0.812. The maximum absolute atomic E-state index is 4.48. The van der Waals surface area contributed by atoms with Gasteiger partial charge in [0.15, 0.2) is 0 Å². The summed E-state index contributed by atoms with van der Waals surface area (Å²) in [6, 6.07) is 0. The minimum absolute atomic E-state index is 0.623. The van der Waals surface area contributed by atoms with E-state index in [2.05, 4.69) is 23.8 Å². The normalized spacial score (nSPS) is 46.9. The van der Waals surface area contributed by atoms with Gasteiger partial charge in [-0.3, -0.25) is 4.99 Å². The van der Waals surface area contributed by atoms with Crippen LogP contribution in [-0.4, -0.2) is 12.9 Å². The number of amidine groups is 1. The Morgan fingerprint density at radius 2 is 1.94 bits per heavy atom. The van der Waals surface area contributed by atoms with Gasteiger partial charge in [0.1, 0.15) is 5.84 Å². The minimum atomic E-state index is 0.623. The van der Waals surface area contributed by atoms with E-state index in [1.54, 1.807) is 6.20 Å². The molecule has 0 spiro atoms. The summed E-state index contributed by atoms with van der Waals surface area (Å²) in [6.07, 6.45) is 9.06. The highest BCUT2D eigenvalue weighted by Crippen LogP contribution is 2.58. The largest absolute Gasteiger partial charge is 0.351 e. The molecule has 0 aromatic rings. The van der Waals surface area contributed by atoms with Crippen LogP contribution >= 0.6 is 0 Å². The van der Waals surface area contributed by atoms with Crippen LogP contribution in [0.2, 0.25) is 0 Å². The average molecular weight is 246 g/mol. The van der Waals surface area contributed by atoms with E-state index in [4.69, 9.17) is 0 Å². The SMILES string of the molecule is C=CNC(=NC)C1CC2CC3CC(CC1C)C3C2. The van der Waals surface area contributed by atoms with E-state index in [0.29, 0.717) is 5.92 Å². The van der Waals surface area contributed by atoms with Crippen LogP contribution < -0.4 is 5.32 Å². The molecule has 3 fully saturated rings. The molecule has 0 heterocycles. The fourth-order valence-electron chi connectivity index (χ4n) is 5.01. The van der Waals surface area contributed by atoms with Crippen LogP contribution in [0, 0.1) is 35.5 Å². The van der Waals surface area contributed by atoms with E-state index >= 15 is 0 Å². The molecule has 0 aromatic carbocycles. The number of hydrogen-bond acceptors (Lipinski definition) is 1. The van der Waals surface area contributed by atoms with E-state index in [9.17, 15) is 0 Å². The average Bonchev–Trinajstić information content (AvgIpc) is 2.71. The summed E-state index contributed by atoms with van der Waals surface area (Å²) >= 11 is 0. The van der Waals surface area contributed by atoms with Gasteiger partial charge in [0.05, 0.1) is 0 Å². The first-order chi connectivity index (χ1) is 8.72. The van der Waals surface area contributed by atoms with Gasteiger partial charge in [-0.25, -0.2) is 0 Å². The van der Waals surface area contributed by atoms with Gasteiger partial charge in [0.25, 0.3) is 0 Å². The summed E-state index contributed by atoms with van der Waals surface area (Å²) < 4.78 is 0. The van der Waals surface area contributed by atoms with Crippen molar-refractivity contribution in [2.75, 3.05) is 7.05 Å². The van der Waals surface area contributed by atoms with E-state index in [0.717, 1.165) is 29.6 Å². The van der Waals surface area contributed by atoms with Crippen molar-refractivity contribution in [3.05, 3.63) is 12.8 Å². The number of nitrogens with zero attached hydrogens (tertiary/aromatic N) is 1. The second-order valence-corrected chi connectivity index (χ2v) is 6.77. The van der Waals surface area contributed by atoms with Gasteiger partial charge in [-0.1, -0.05) is 13.5 Å². The summed E-state index contributed by atoms with van der Waals surface area (Å²) in [7, 11) is 1.91. The molecule has 1 N–H and O–H groups in total. The van der Waals surface area contributed by atoms with E-state index in [-0.39, 0.29) is 0 Å². The molecule has 2 nitrogen and oxygen atoms in total. The molecular weight excluding hydrogens is 220 g/mol. The van der Waals surface area contributed by atoms with Crippen LogP contribution in [0.4, 0.5) is 0 Å². The van der Waals surface area contributed by atoms with Gasteiger partial charge in [0.2, 0.25) is 0 Å². The molecule has 0 aromatic heterocycles. The number of fused-ring (bicyclic) bond motifs is 1. The lowest BCUT2D eigenvalue weighted by Gasteiger charge is -2.43. The molecule has 3 aliphatic rings. The first-order valence-electron chi connectivity index (χ1n) is 7.57. The van der Waals surface area contributed by atoms with Crippen LogP contribution in [0.5, 0.6) is 0 Å². The topological polar surface area (TPSA) is 24.4 Å². The summed E-state index contributed by atoms with van der Waals surface area (Å²) in [5.41, 5.74) is 0. The molecule has 3 aliphatic carbocycles. The lowest BCUT2D eigenvalue weighted by molar-refractivity contribution is 0.0719. The van der Waals surface area contributed by atoms with Gasteiger partial charge in [-0.05, 0) is 67.9 Å². The summed E-state index contributed by atoms with van der Waals surface area (Å²) in [5, 5.41) is 3.28. The Kier molecular flexibility index (Phi) is 3.21. The third-order valence-electron chi connectivity index (χ3n) is 5.85. The van der Waals surface area contributed by atoms with E-state index in [1.165, 1.54) is 37.9 Å². The third kappa shape index (κ3) is 1.90. The second kappa shape index (κ2) is 4.71. The van der Waals surface area contributed by atoms with Crippen molar-refractivity contribution >= 4 is 5.84 Å². The second-order valence-electron chi connectivity index (χ2n) is 6.77. The van der Waals surface area contributed by atoms with Crippen LogP contribution in [-0.2, 0) is 0 Å². The molecule has 100 valence electrons. The van der Waals surface area contributed by atoms with Crippen molar-refractivity contribution in [2.24, 2.45) is 40.5 Å². The maximum Gasteiger partial charge on any atom is 0.103 e. The molecule has 2 heteroatoms. The molecule has 0 aliphatic heterocycles. The zero-order chi connectivity index (χ0) is 12.7. The van der Waals surface area contributed by atoms with Crippen LogP contribution in [0.3, 0.4) is 0 Å². The Morgan fingerprint density at radius 3 is 2.67 bits per heavy atom.